The van der Waals surface area contributed by atoms with Crippen molar-refractivity contribution in [2.24, 2.45) is 0 Å². The zero-order valence-electron chi connectivity index (χ0n) is 12.9. The van der Waals surface area contributed by atoms with Crippen LogP contribution < -0.4 is 5.32 Å². The largest absolute Gasteiger partial charge is 0.395 e. The predicted octanol–water partition coefficient (Wildman–Crippen LogP) is 2.56. The molecule has 0 spiro atoms. The first-order chi connectivity index (χ1) is 11.1. The summed E-state index contributed by atoms with van der Waals surface area (Å²) < 4.78 is 0. The van der Waals surface area contributed by atoms with Crippen LogP contribution in [-0.2, 0) is 11.3 Å². The number of carbonyl (C=O) groups excluding carboxylic acids is 1. The Labute approximate surface area is 140 Å². The minimum Gasteiger partial charge on any atom is -0.395 e. The molecular weight excluding hydrogens is 314 g/mol. The van der Waals surface area contributed by atoms with E-state index < -0.39 is 6.04 Å². The minimum absolute atomic E-state index is 0.0238. The van der Waals surface area contributed by atoms with Gasteiger partial charge in [-0.15, -0.1) is 0 Å². The molecule has 2 rings (SSSR count). The van der Waals surface area contributed by atoms with Gasteiger partial charge in [-0.1, -0.05) is 29.8 Å². The Morgan fingerprint density at radius 3 is 2.78 bits per heavy atom. The maximum atomic E-state index is 12.5. The van der Waals surface area contributed by atoms with Crippen molar-refractivity contribution in [1.29, 1.82) is 0 Å². The van der Waals surface area contributed by atoms with Crippen LogP contribution in [0.25, 0.3) is 0 Å². The van der Waals surface area contributed by atoms with Gasteiger partial charge in [-0.05, 0) is 30.7 Å². The van der Waals surface area contributed by atoms with Gasteiger partial charge in [-0.2, -0.15) is 0 Å². The third-order valence-electron chi connectivity index (χ3n) is 3.55. The standard InChI is InChI=1S/C17H20ClN3O2/c1-13(17(23)20-16-7-3-2-6-15(16)18)21(9-10-22)12-14-5-4-8-19-11-14/h2-8,11,13,22H,9-10,12H2,1H3,(H,20,23). The van der Waals surface area contributed by atoms with Crippen LogP contribution in [0.5, 0.6) is 0 Å². The fraction of sp³-hybridized carbons (Fsp3) is 0.294. The molecule has 0 aliphatic carbocycles. The molecule has 0 fully saturated rings. The number of hydrogen-bond acceptors (Lipinski definition) is 4. The van der Waals surface area contributed by atoms with E-state index in [2.05, 4.69) is 10.3 Å². The Morgan fingerprint density at radius 2 is 2.13 bits per heavy atom. The zero-order chi connectivity index (χ0) is 16.7. The number of benzene rings is 1. The van der Waals surface area contributed by atoms with E-state index in [1.165, 1.54) is 0 Å². The molecule has 5 nitrogen and oxygen atoms in total. The number of hydrogen-bond donors (Lipinski definition) is 2. The lowest BCUT2D eigenvalue weighted by molar-refractivity contribution is -0.121. The second kappa shape index (κ2) is 8.62. The number of para-hydroxylation sites is 1. The molecule has 2 aromatic rings. The Balaban J connectivity index is 2.06. The van der Waals surface area contributed by atoms with E-state index in [9.17, 15) is 9.90 Å². The van der Waals surface area contributed by atoms with Gasteiger partial charge in [0.15, 0.2) is 0 Å². The van der Waals surface area contributed by atoms with Gasteiger partial charge >= 0.3 is 0 Å². The first-order valence-electron chi connectivity index (χ1n) is 7.41. The average Bonchev–Trinajstić information content (AvgIpc) is 2.57. The molecule has 0 radical (unpaired) electrons. The molecule has 1 aromatic carbocycles. The number of amides is 1. The first-order valence-corrected chi connectivity index (χ1v) is 7.79. The summed E-state index contributed by atoms with van der Waals surface area (Å²) in [6, 6.07) is 10.5. The van der Waals surface area contributed by atoms with Crippen LogP contribution >= 0.6 is 11.6 Å². The Kier molecular flexibility index (Phi) is 6.52. The lowest BCUT2D eigenvalue weighted by atomic mass is 10.2. The van der Waals surface area contributed by atoms with Crippen molar-refractivity contribution in [2.75, 3.05) is 18.5 Å². The number of nitrogens with zero attached hydrogens (tertiary/aromatic N) is 2. The molecule has 122 valence electrons. The normalized spacial score (nSPS) is 12.2. The Morgan fingerprint density at radius 1 is 1.35 bits per heavy atom. The topological polar surface area (TPSA) is 65.5 Å². The van der Waals surface area contributed by atoms with Crippen molar-refractivity contribution in [3.63, 3.8) is 0 Å². The zero-order valence-corrected chi connectivity index (χ0v) is 13.7. The highest BCUT2D eigenvalue weighted by Crippen LogP contribution is 2.21. The number of aromatic nitrogens is 1. The maximum Gasteiger partial charge on any atom is 0.241 e. The number of aliphatic hydroxyl groups excluding tert-OH is 1. The van der Waals surface area contributed by atoms with Gasteiger partial charge in [-0.25, -0.2) is 0 Å². The lowest BCUT2D eigenvalue weighted by Crippen LogP contribution is -2.43. The molecule has 0 saturated carbocycles. The van der Waals surface area contributed by atoms with Crippen LogP contribution in [0, 0.1) is 0 Å². The Bertz CT molecular complexity index is 637. The predicted molar refractivity (Wildman–Crippen MR) is 91.3 cm³/mol. The van der Waals surface area contributed by atoms with Gasteiger partial charge < -0.3 is 10.4 Å². The van der Waals surface area contributed by atoms with Gasteiger partial charge in [0, 0.05) is 25.5 Å². The summed E-state index contributed by atoms with van der Waals surface area (Å²) in [6.07, 6.45) is 3.45. The first kappa shape index (κ1) is 17.4. The van der Waals surface area contributed by atoms with E-state index >= 15 is 0 Å². The molecule has 1 heterocycles. The van der Waals surface area contributed by atoms with Crippen LogP contribution in [0.15, 0.2) is 48.8 Å². The monoisotopic (exact) mass is 333 g/mol. The van der Waals surface area contributed by atoms with E-state index in [4.69, 9.17) is 11.6 Å². The summed E-state index contributed by atoms with van der Waals surface area (Å²) in [5.41, 5.74) is 1.56. The van der Waals surface area contributed by atoms with Crippen LogP contribution in [0.3, 0.4) is 0 Å². The van der Waals surface area contributed by atoms with Gasteiger partial charge in [0.05, 0.1) is 23.4 Å². The molecule has 1 aromatic heterocycles. The van der Waals surface area contributed by atoms with E-state index in [1.807, 2.05) is 29.2 Å². The van der Waals surface area contributed by atoms with E-state index in [1.54, 1.807) is 31.5 Å². The molecule has 0 saturated heterocycles. The quantitative estimate of drug-likeness (QED) is 0.817. The average molecular weight is 334 g/mol. The molecule has 6 heteroatoms. The van der Waals surface area contributed by atoms with Crippen LogP contribution in [-0.4, -0.2) is 40.1 Å². The van der Waals surface area contributed by atoms with E-state index in [0.717, 1.165) is 5.56 Å². The molecule has 0 bridgehead atoms. The molecule has 1 atom stereocenters. The van der Waals surface area contributed by atoms with Crippen molar-refractivity contribution < 1.29 is 9.90 Å². The summed E-state index contributed by atoms with van der Waals surface area (Å²) in [5.74, 6) is -0.171. The number of nitrogens with one attached hydrogen (secondary N) is 1. The maximum absolute atomic E-state index is 12.5. The summed E-state index contributed by atoms with van der Waals surface area (Å²) in [7, 11) is 0. The third kappa shape index (κ3) is 5.03. The fourth-order valence-corrected chi connectivity index (χ4v) is 2.41. The van der Waals surface area contributed by atoms with Crippen molar-refractivity contribution >= 4 is 23.2 Å². The number of halogens is 1. The van der Waals surface area contributed by atoms with Crippen LogP contribution in [0.2, 0.25) is 5.02 Å². The highest BCUT2D eigenvalue weighted by Gasteiger charge is 2.21. The van der Waals surface area contributed by atoms with Gasteiger partial charge in [0.25, 0.3) is 0 Å². The van der Waals surface area contributed by atoms with Crippen LogP contribution in [0.1, 0.15) is 12.5 Å². The second-order valence-corrected chi connectivity index (χ2v) is 5.61. The molecule has 2 N–H and O–H groups in total. The number of anilines is 1. The molecule has 0 aliphatic heterocycles. The number of carbonyl (C=O) groups is 1. The van der Waals surface area contributed by atoms with Gasteiger partial charge in [-0.3, -0.25) is 14.7 Å². The molecule has 1 amide bonds. The third-order valence-corrected chi connectivity index (χ3v) is 3.88. The lowest BCUT2D eigenvalue weighted by Gasteiger charge is -2.27. The summed E-state index contributed by atoms with van der Waals surface area (Å²) in [5, 5.41) is 12.6. The highest BCUT2D eigenvalue weighted by atomic mass is 35.5. The van der Waals surface area contributed by atoms with E-state index in [0.29, 0.717) is 23.8 Å². The number of pyridine rings is 1. The second-order valence-electron chi connectivity index (χ2n) is 5.20. The summed E-state index contributed by atoms with van der Waals surface area (Å²) in [4.78, 5) is 18.4. The molecule has 1 unspecified atom stereocenters. The Hall–Kier alpha value is -1.95. The van der Waals surface area contributed by atoms with Crippen molar-refractivity contribution in [3.8, 4) is 0 Å². The molecular formula is C17H20ClN3O2. The van der Waals surface area contributed by atoms with E-state index in [-0.39, 0.29) is 12.5 Å². The molecule has 23 heavy (non-hydrogen) atoms. The highest BCUT2D eigenvalue weighted by molar-refractivity contribution is 6.33. The van der Waals surface area contributed by atoms with Crippen molar-refractivity contribution in [3.05, 3.63) is 59.4 Å². The number of rotatable bonds is 7. The van der Waals surface area contributed by atoms with Crippen molar-refractivity contribution in [1.82, 2.24) is 9.88 Å². The number of aliphatic hydroxyl groups is 1. The summed E-state index contributed by atoms with van der Waals surface area (Å²) in [6.45, 7) is 2.71. The van der Waals surface area contributed by atoms with Gasteiger partial charge in [0.1, 0.15) is 0 Å². The minimum atomic E-state index is -0.418. The molecule has 0 aliphatic rings. The SMILES string of the molecule is CC(C(=O)Nc1ccccc1Cl)N(CCO)Cc1cccnc1. The fourth-order valence-electron chi connectivity index (χ4n) is 2.23. The smallest absolute Gasteiger partial charge is 0.241 e. The van der Waals surface area contributed by atoms with Crippen molar-refractivity contribution in [2.45, 2.75) is 19.5 Å². The van der Waals surface area contributed by atoms with Crippen LogP contribution in [0.4, 0.5) is 5.69 Å². The summed E-state index contributed by atoms with van der Waals surface area (Å²) >= 11 is 6.07. The van der Waals surface area contributed by atoms with Gasteiger partial charge in [0.2, 0.25) is 5.91 Å².